The summed E-state index contributed by atoms with van der Waals surface area (Å²) < 4.78 is 10.1. The number of phenols is 1. The fraction of sp³-hybridized carbons (Fsp3) is 0.182. The molecule has 0 heterocycles. The van der Waals surface area contributed by atoms with Gasteiger partial charge < -0.3 is 14.6 Å². The summed E-state index contributed by atoms with van der Waals surface area (Å²) in [6.45, 7) is 0. The standard InChI is InChI=1S/C11H11BrO4/c1-15-10-5-7(3-4-11(14)16-2)8(12)6-9(10)13/h3-6,13H,1-2H3. The third-order valence-corrected chi connectivity index (χ3v) is 2.59. The molecule has 4 nitrogen and oxygen atoms in total. The monoisotopic (exact) mass is 286 g/mol. The van der Waals surface area contributed by atoms with E-state index in [0.29, 0.717) is 15.8 Å². The van der Waals surface area contributed by atoms with Crippen molar-refractivity contribution in [3.63, 3.8) is 0 Å². The van der Waals surface area contributed by atoms with Crippen molar-refractivity contribution in [3.05, 3.63) is 28.2 Å². The van der Waals surface area contributed by atoms with Gasteiger partial charge >= 0.3 is 5.97 Å². The maximum Gasteiger partial charge on any atom is 0.330 e. The third-order valence-electron chi connectivity index (χ3n) is 1.90. The predicted molar refractivity (Wildman–Crippen MR) is 63.4 cm³/mol. The van der Waals surface area contributed by atoms with E-state index in [2.05, 4.69) is 20.7 Å². The molecule has 5 heteroatoms. The van der Waals surface area contributed by atoms with E-state index in [0.717, 1.165) is 0 Å². The minimum Gasteiger partial charge on any atom is -0.504 e. The smallest absolute Gasteiger partial charge is 0.330 e. The summed E-state index contributed by atoms with van der Waals surface area (Å²) in [5.74, 6) is -0.0729. The first-order valence-corrected chi connectivity index (χ1v) is 5.20. The van der Waals surface area contributed by atoms with Crippen LogP contribution in [0.25, 0.3) is 6.08 Å². The van der Waals surface area contributed by atoms with Crippen molar-refractivity contribution >= 4 is 28.0 Å². The number of rotatable bonds is 3. The van der Waals surface area contributed by atoms with Crippen LogP contribution in [0.15, 0.2) is 22.7 Å². The number of hydrogen-bond acceptors (Lipinski definition) is 4. The summed E-state index contributed by atoms with van der Waals surface area (Å²) in [5, 5.41) is 9.47. The molecule has 16 heavy (non-hydrogen) atoms. The first kappa shape index (κ1) is 12.6. The normalized spacial score (nSPS) is 10.4. The molecule has 0 fully saturated rings. The summed E-state index contributed by atoms with van der Waals surface area (Å²) in [4.78, 5) is 10.9. The first-order valence-electron chi connectivity index (χ1n) is 4.41. The van der Waals surface area contributed by atoms with Crippen molar-refractivity contribution in [2.45, 2.75) is 0 Å². The number of hydrogen-bond donors (Lipinski definition) is 1. The highest BCUT2D eigenvalue weighted by atomic mass is 79.9. The average Bonchev–Trinajstić information content (AvgIpc) is 2.27. The topological polar surface area (TPSA) is 55.8 Å². The van der Waals surface area contributed by atoms with Gasteiger partial charge in [0, 0.05) is 10.5 Å². The van der Waals surface area contributed by atoms with Crippen LogP contribution in [0.2, 0.25) is 0 Å². The van der Waals surface area contributed by atoms with Gasteiger partial charge in [-0.3, -0.25) is 0 Å². The van der Waals surface area contributed by atoms with Crippen molar-refractivity contribution in [1.82, 2.24) is 0 Å². The second-order valence-electron chi connectivity index (χ2n) is 2.90. The Morgan fingerprint density at radius 3 is 2.69 bits per heavy atom. The second kappa shape index (κ2) is 5.55. The summed E-state index contributed by atoms with van der Waals surface area (Å²) >= 11 is 3.26. The summed E-state index contributed by atoms with van der Waals surface area (Å²) in [6, 6.07) is 3.11. The molecule has 0 atom stereocenters. The van der Waals surface area contributed by atoms with Gasteiger partial charge in [0.2, 0.25) is 0 Å². The Morgan fingerprint density at radius 2 is 2.12 bits per heavy atom. The number of methoxy groups -OCH3 is 2. The van der Waals surface area contributed by atoms with Crippen LogP contribution in [0.1, 0.15) is 5.56 Å². The lowest BCUT2D eigenvalue weighted by Crippen LogP contribution is -1.93. The number of esters is 1. The summed E-state index contributed by atoms with van der Waals surface area (Å²) in [5.41, 5.74) is 0.708. The van der Waals surface area contributed by atoms with Crippen molar-refractivity contribution < 1.29 is 19.4 Å². The molecule has 0 aromatic heterocycles. The number of carbonyl (C=O) groups is 1. The van der Waals surface area contributed by atoms with Gasteiger partial charge in [-0.1, -0.05) is 15.9 Å². The molecular weight excluding hydrogens is 276 g/mol. The highest BCUT2D eigenvalue weighted by Crippen LogP contribution is 2.32. The SMILES string of the molecule is COC(=O)C=Cc1cc(OC)c(O)cc1Br. The second-order valence-corrected chi connectivity index (χ2v) is 3.76. The third kappa shape index (κ3) is 3.00. The fourth-order valence-electron chi connectivity index (χ4n) is 1.08. The van der Waals surface area contributed by atoms with Crippen molar-refractivity contribution in [3.8, 4) is 11.5 Å². The van der Waals surface area contributed by atoms with E-state index in [-0.39, 0.29) is 5.75 Å². The number of aromatic hydroxyl groups is 1. The lowest BCUT2D eigenvalue weighted by Gasteiger charge is -2.06. The Labute approximate surface area is 102 Å². The van der Waals surface area contributed by atoms with E-state index in [1.807, 2.05) is 0 Å². The lowest BCUT2D eigenvalue weighted by atomic mass is 10.2. The van der Waals surface area contributed by atoms with Gasteiger partial charge in [0.15, 0.2) is 11.5 Å². The van der Waals surface area contributed by atoms with Crippen molar-refractivity contribution in [2.24, 2.45) is 0 Å². The molecule has 0 aliphatic heterocycles. The first-order chi connectivity index (χ1) is 7.58. The minimum absolute atomic E-state index is 0.0320. The van der Waals surface area contributed by atoms with Gasteiger partial charge in [-0.2, -0.15) is 0 Å². The number of phenolic OH excluding ortho intramolecular Hbond substituents is 1. The molecule has 0 unspecified atom stereocenters. The molecule has 1 aromatic rings. The van der Waals surface area contributed by atoms with Gasteiger partial charge in [-0.05, 0) is 23.8 Å². The Kier molecular flexibility index (Phi) is 4.37. The Balaban J connectivity index is 3.05. The number of ether oxygens (including phenoxy) is 2. The number of benzene rings is 1. The molecule has 0 bridgehead atoms. The van der Waals surface area contributed by atoms with E-state index in [1.165, 1.54) is 26.4 Å². The van der Waals surface area contributed by atoms with E-state index in [9.17, 15) is 9.90 Å². The van der Waals surface area contributed by atoms with Crippen LogP contribution in [-0.2, 0) is 9.53 Å². The zero-order valence-electron chi connectivity index (χ0n) is 8.86. The molecule has 0 amide bonds. The molecule has 0 aliphatic rings. The highest BCUT2D eigenvalue weighted by Gasteiger charge is 2.06. The van der Waals surface area contributed by atoms with Gasteiger partial charge in [0.1, 0.15) is 0 Å². The van der Waals surface area contributed by atoms with Gasteiger partial charge in [-0.25, -0.2) is 4.79 Å². The Morgan fingerprint density at radius 1 is 1.44 bits per heavy atom. The van der Waals surface area contributed by atoms with Gasteiger partial charge in [0.05, 0.1) is 14.2 Å². The molecule has 0 spiro atoms. The molecule has 0 saturated carbocycles. The van der Waals surface area contributed by atoms with Crippen LogP contribution in [-0.4, -0.2) is 25.3 Å². The zero-order valence-corrected chi connectivity index (χ0v) is 10.4. The average molecular weight is 287 g/mol. The van der Waals surface area contributed by atoms with E-state index >= 15 is 0 Å². The van der Waals surface area contributed by atoms with Gasteiger partial charge in [0.25, 0.3) is 0 Å². The summed E-state index contributed by atoms with van der Waals surface area (Å²) in [7, 11) is 2.76. The quantitative estimate of drug-likeness (QED) is 0.685. The molecule has 1 rings (SSSR count). The summed E-state index contributed by atoms with van der Waals surface area (Å²) in [6.07, 6.45) is 2.86. The lowest BCUT2D eigenvalue weighted by molar-refractivity contribution is -0.134. The molecule has 0 radical (unpaired) electrons. The van der Waals surface area contributed by atoms with E-state index < -0.39 is 5.97 Å². The molecule has 1 aromatic carbocycles. The zero-order chi connectivity index (χ0) is 12.1. The van der Waals surface area contributed by atoms with Gasteiger partial charge in [-0.15, -0.1) is 0 Å². The van der Waals surface area contributed by atoms with Crippen LogP contribution in [0.4, 0.5) is 0 Å². The van der Waals surface area contributed by atoms with Crippen LogP contribution in [0.3, 0.4) is 0 Å². The molecule has 1 N–H and O–H groups in total. The fourth-order valence-corrected chi connectivity index (χ4v) is 1.54. The predicted octanol–water partition coefficient (Wildman–Crippen LogP) is 2.35. The maximum absolute atomic E-state index is 10.9. The molecule has 86 valence electrons. The molecule has 0 saturated heterocycles. The van der Waals surface area contributed by atoms with Crippen LogP contribution >= 0.6 is 15.9 Å². The maximum atomic E-state index is 10.9. The van der Waals surface area contributed by atoms with Crippen LogP contribution in [0.5, 0.6) is 11.5 Å². The minimum atomic E-state index is -0.445. The Bertz CT molecular complexity index is 426. The van der Waals surface area contributed by atoms with E-state index in [4.69, 9.17) is 4.74 Å². The molecular formula is C11H11BrO4. The van der Waals surface area contributed by atoms with E-state index in [1.54, 1.807) is 12.1 Å². The largest absolute Gasteiger partial charge is 0.504 e. The van der Waals surface area contributed by atoms with Crippen molar-refractivity contribution in [1.29, 1.82) is 0 Å². The van der Waals surface area contributed by atoms with Crippen LogP contribution in [0, 0.1) is 0 Å². The highest BCUT2D eigenvalue weighted by molar-refractivity contribution is 9.10. The Hall–Kier alpha value is -1.49. The number of halogens is 1. The van der Waals surface area contributed by atoms with Crippen LogP contribution < -0.4 is 4.74 Å². The molecule has 0 aliphatic carbocycles. The van der Waals surface area contributed by atoms with Crippen molar-refractivity contribution in [2.75, 3.05) is 14.2 Å². The number of carbonyl (C=O) groups excluding carboxylic acids is 1.